The van der Waals surface area contributed by atoms with Crippen LogP contribution in [0.1, 0.15) is 71.6 Å². The molecule has 0 radical (unpaired) electrons. The summed E-state index contributed by atoms with van der Waals surface area (Å²) in [6, 6.07) is 0. The molecule has 1 heterocycles. The average molecular weight is 261 g/mol. The lowest BCUT2D eigenvalue weighted by Crippen LogP contribution is -2.22. The van der Waals surface area contributed by atoms with Crippen LogP contribution in [-0.2, 0) is 4.74 Å². The Morgan fingerprint density at radius 3 is 2.53 bits per heavy atom. The summed E-state index contributed by atoms with van der Waals surface area (Å²) >= 11 is 6.22. The fraction of sp³-hybridized carbons (Fsp3) is 1.00. The van der Waals surface area contributed by atoms with Gasteiger partial charge in [-0.3, -0.25) is 0 Å². The van der Waals surface area contributed by atoms with E-state index >= 15 is 0 Å². The van der Waals surface area contributed by atoms with Gasteiger partial charge in [0.25, 0.3) is 0 Å². The van der Waals surface area contributed by atoms with Crippen LogP contribution in [-0.4, -0.2) is 18.6 Å². The van der Waals surface area contributed by atoms with Crippen LogP contribution >= 0.6 is 11.6 Å². The number of hydrogen-bond acceptors (Lipinski definition) is 1. The van der Waals surface area contributed by atoms with Gasteiger partial charge in [0.1, 0.15) is 0 Å². The van der Waals surface area contributed by atoms with Crippen molar-refractivity contribution < 1.29 is 4.74 Å². The van der Waals surface area contributed by atoms with Gasteiger partial charge in [-0.15, -0.1) is 11.6 Å². The number of rotatable bonds is 9. The summed E-state index contributed by atoms with van der Waals surface area (Å²) in [5.41, 5.74) is 0.399. The molecule has 1 rings (SSSR count). The van der Waals surface area contributed by atoms with Gasteiger partial charge < -0.3 is 4.74 Å². The quantitative estimate of drug-likeness (QED) is 0.520. The Labute approximate surface area is 112 Å². The second-order valence-corrected chi connectivity index (χ2v) is 5.89. The highest BCUT2D eigenvalue weighted by Crippen LogP contribution is 2.36. The highest BCUT2D eigenvalue weighted by Gasteiger charge is 2.26. The van der Waals surface area contributed by atoms with E-state index < -0.39 is 0 Å². The summed E-state index contributed by atoms with van der Waals surface area (Å²) in [4.78, 5) is 0. The number of ether oxygens (including phenoxy) is 1. The SMILES string of the molecule is CCCCC(CC)(CCl)CCCC1CCCO1. The van der Waals surface area contributed by atoms with E-state index in [9.17, 15) is 0 Å². The van der Waals surface area contributed by atoms with E-state index in [0.717, 1.165) is 12.5 Å². The van der Waals surface area contributed by atoms with Crippen LogP contribution < -0.4 is 0 Å². The van der Waals surface area contributed by atoms with E-state index in [1.807, 2.05) is 0 Å². The van der Waals surface area contributed by atoms with E-state index in [4.69, 9.17) is 16.3 Å². The normalized spacial score (nSPS) is 23.8. The molecule has 1 fully saturated rings. The van der Waals surface area contributed by atoms with Gasteiger partial charge in [0, 0.05) is 12.5 Å². The Bertz CT molecular complexity index is 183. The second kappa shape index (κ2) is 8.37. The van der Waals surface area contributed by atoms with Crippen LogP contribution in [0.25, 0.3) is 0 Å². The monoisotopic (exact) mass is 260 g/mol. The average Bonchev–Trinajstić information content (AvgIpc) is 2.87. The Balaban J connectivity index is 2.26. The van der Waals surface area contributed by atoms with Gasteiger partial charge in [-0.2, -0.15) is 0 Å². The molecule has 0 saturated carbocycles. The minimum atomic E-state index is 0.399. The van der Waals surface area contributed by atoms with Crippen molar-refractivity contribution in [3.8, 4) is 0 Å². The lowest BCUT2D eigenvalue weighted by atomic mass is 9.77. The first kappa shape index (κ1) is 15.3. The minimum absolute atomic E-state index is 0.399. The van der Waals surface area contributed by atoms with Crippen molar-refractivity contribution in [1.29, 1.82) is 0 Å². The summed E-state index contributed by atoms with van der Waals surface area (Å²) in [7, 11) is 0. The molecule has 0 aromatic heterocycles. The zero-order chi connectivity index (χ0) is 12.6. The van der Waals surface area contributed by atoms with Crippen LogP contribution in [0.3, 0.4) is 0 Å². The highest BCUT2D eigenvalue weighted by molar-refractivity contribution is 6.18. The maximum atomic E-state index is 6.22. The molecular formula is C15H29ClO. The summed E-state index contributed by atoms with van der Waals surface area (Å²) in [5.74, 6) is 0.828. The van der Waals surface area contributed by atoms with Crippen LogP contribution in [0.2, 0.25) is 0 Å². The van der Waals surface area contributed by atoms with Gasteiger partial charge in [-0.1, -0.05) is 33.1 Å². The summed E-state index contributed by atoms with van der Waals surface area (Å²) < 4.78 is 5.68. The summed E-state index contributed by atoms with van der Waals surface area (Å²) in [6.45, 7) is 5.54. The standard InChI is InChI=1S/C15H29ClO/c1-3-5-10-15(4-2,13-16)11-6-8-14-9-7-12-17-14/h14H,3-13H2,1-2H3. The number of hydrogen-bond donors (Lipinski definition) is 0. The summed E-state index contributed by atoms with van der Waals surface area (Å²) in [6.07, 6.45) is 12.0. The van der Waals surface area contributed by atoms with Gasteiger partial charge in [0.2, 0.25) is 0 Å². The molecule has 0 amide bonds. The molecule has 1 saturated heterocycles. The predicted molar refractivity (Wildman–Crippen MR) is 75.8 cm³/mol. The third kappa shape index (κ3) is 5.18. The molecule has 0 aromatic rings. The van der Waals surface area contributed by atoms with Crippen molar-refractivity contribution in [3.05, 3.63) is 0 Å². The van der Waals surface area contributed by atoms with Gasteiger partial charge in [-0.25, -0.2) is 0 Å². The molecule has 0 bridgehead atoms. The molecule has 0 aromatic carbocycles. The molecule has 2 unspecified atom stereocenters. The highest BCUT2D eigenvalue weighted by atomic mass is 35.5. The first-order valence-electron chi connectivity index (χ1n) is 7.44. The van der Waals surface area contributed by atoms with Crippen LogP contribution in [0.15, 0.2) is 0 Å². The van der Waals surface area contributed by atoms with Crippen molar-refractivity contribution in [2.45, 2.75) is 77.7 Å². The molecule has 2 heteroatoms. The smallest absolute Gasteiger partial charge is 0.0576 e. The third-order valence-electron chi connectivity index (χ3n) is 4.35. The zero-order valence-electron chi connectivity index (χ0n) is 11.6. The zero-order valence-corrected chi connectivity index (χ0v) is 12.4. The number of halogens is 1. The van der Waals surface area contributed by atoms with E-state index in [0.29, 0.717) is 11.5 Å². The first-order valence-corrected chi connectivity index (χ1v) is 7.97. The van der Waals surface area contributed by atoms with Crippen molar-refractivity contribution in [2.75, 3.05) is 12.5 Å². The fourth-order valence-corrected chi connectivity index (χ4v) is 3.29. The fourth-order valence-electron chi connectivity index (χ4n) is 2.84. The van der Waals surface area contributed by atoms with Crippen LogP contribution in [0, 0.1) is 5.41 Å². The Morgan fingerprint density at radius 2 is 2.00 bits per heavy atom. The molecule has 0 N–H and O–H groups in total. The number of alkyl halides is 1. The first-order chi connectivity index (χ1) is 8.26. The molecule has 102 valence electrons. The Kier molecular flexibility index (Phi) is 7.54. The van der Waals surface area contributed by atoms with E-state index in [1.54, 1.807) is 0 Å². The molecule has 2 atom stereocenters. The van der Waals surface area contributed by atoms with Gasteiger partial charge >= 0.3 is 0 Å². The number of unbranched alkanes of at least 4 members (excludes halogenated alkanes) is 1. The third-order valence-corrected chi connectivity index (χ3v) is 4.92. The van der Waals surface area contributed by atoms with Gasteiger partial charge in [-0.05, 0) is 43.9 Å². The molecule has 0 aliphatic carbocycles. The predicted octanol–water partition coefficient (Wildman–Crippen LogP) is 5.16. The van der Waals surface area contributed by atoms with Crippen molar-refractivity contribution in [1.82, 2.24) is 0 Å². The lowest BCUT2D eigenvalue weighted by Gasteiger charge is -2.31. The Morgan fingerprint density at radius 1 is 1.24 bits per heavy atom. The maximum absolute atomic E-state index is 6.22. The molecule has 1 aliphatic rings. The molecule has 0 spiro atoms. The largest absolute Gasteiger partial charge is 0.378 e. The molecule has 1 nitrogen and oxygen atoms in total. The van der Waals surface area contributed by atoms with Gasteiger partial charge in [0.05, 0.1) is 6.10 Å². The van der Waals surface area contributed by atoms with Crippen molar-refractivity contribution >= 4 is 11.6 Å². The van der Waals surface area contributed by atoms with E-state index in [2.05, 4.69) is 13.8 Å². The Hall–Kier alpha value is 0.250. The summed E-state index contributed by atoms with van der Waals surface area (Å²) in [5, 5.41) is 0. The van der Waals surface area contributed by atoms with Crippen molar-refractivity contribution in [2.24, 2.45) is 5.41 Å². The van der Waals surface area contributed by atoms with Crippen LogP contribution in [0.5, 0.6) is 0 Å². The van der Waals surface area contributed by atoms with Crippen LogP contribution in [0.4, 0.5) is 0 Å². The maximum Gasteiger partial charge on any atom is 0.0576 e. The molecular weight excluding hydrogens is 232 g/mol. The minimum Gasteiger partial charge on any atom is -0.378 e. The lowest BCUT2D eigenvalue weighted by molar-refractivity contribution is 0.0972. The van der Waals surface area contributed by atoms with E-state index in [-0.39, 0.29) is 0 Å². The second-order valence-electron chi connectivity index (χ2n) is 5.62. The van der Waals surface area contributed by atoms with Gasteiger partial charge in [0.15, 0.2) is 0 Å². The van der Waals surface area contributed by atoms with Crippen molar-refractivity contribution in [3.63, 3.8) is 0 Å². The molecule has 17 heavy (non-hydrogen) atoms. The molecule has 1 aliphatic heterocycles. The van der Waals surface area contributed by atoms with E-state index in [1.165, 1.54) is 57.8 Å². The topological polar surface area (TPSA) is 9.23 Å².